The Labute approximate surface area is 126 Å². The third-order valence-electron chi connectivity index (χ3n) is 3.92. The smallest absolute Gasteiger partial charge is 0.324 e. The first-order valence-electron chi connectivity index (χ1n) is 6.96. The van der Waals surface area contributed by atoms with E-state index in [1.165, 1.54) is 0 Å². The van der Waals surface area contributed by atoms with Gasteiger partial charge in [-0.25, -0.2) is 0 Å². The molecular weight excluding hydrogens is 297 g/mol. The van der Waals surface area contributed by atoms with Crippen LogP contribution in [0.2, 0.25) is 0 Å². The van der Waals surface area contributed by atoms with Gasteiger partial charge >= 0.3 is 12.1 Å². The van der Waals surface area contributed by atoms with E-state index in [9.17, 15) is 22.8 Å². The SMILES string of the molecule is Cc1cccc(NC(=O)C2CCCN2C(=O)C(F)(F)F)c1C. The van der Waals surface area contributed by atoms with Crippen LogP contribution >= 0.6 is 0 Å². The summed E-state index contributed by atoms with van der Waals surface area (Å²) < 4.78 is 37.7. The number of halogens is 3. The van der Waals surface area contributed by atoms with Crippen molar-refractivity contribution in [1.29, 1.82) is 0 Å². The van der Waals surface area contributed by atoms with Gasteiger partial charge in [-0.1, -0.05) is 12.1 Å². The summed E-state index contributed by atoms with van der Waals surface area (Å²) in [5.74, 6) is -2.53. The maximum absolute atomic E-state index is 12.6. The number of rotatable bonds is 2. The molecule has 4 nitrogen and oxygen atoms in total. The van der Waals surface area contributed by atoms with Gasteiger partial charge in [0.15, 0.2) is 0 Å². The summed E-state index contributed by atoms with van der Waals surface area (Å²) in [4.78, 5) is 24.2. The van der Waals surface area contributed by atoms with E-state index in [-0.39, 0.29) is 13.0 Å². The van der Waals surface area contributed by atoms with Gasteiger partial charge in [0, 0.05) is 12.2 Å². The average molecular weight is 314 g/mol. The minimum atomic E-state index is -4.96. The largest absolute Gasteiger partial charge is 0.471 e. The van der Waals surface area contributed by atoms with E-state index in [1.807, 2.05) is 19.9 Å². The Morgan fingerprint density at radius 1 is 1.27 bits per heavy atom. The minimum absolute atomic E-state index is 0.0524. The third-order valence-corrected chi connectivity index (χ3v) is 3.92. The Kier molecular flexibility index (Phi) is 4.44. The minimum Gasteiger partial charge on any atom is -0.324 e. The summed E-state index contributed by atoms with van der Waals surface area (Å²) in [5, 5.41) is 2.63. The van der Waals surface area contributed by atoms with Gasteiger partial charge in [0.05, 0.1) is 0 Å². The molecule has 1 fully saturated rings. The molecule has 0 saturated carbocycles. The lowest BCUT2D eigenvalue weighted by atomic mass is 10.1. The molecule has 0 aromatic heterocycles. The van der Waals surface area contributed by atoms with Gasteiger partial charge in [0.1, 0.15) is 6.04 Å². The zero-order valence-corrected chi connectivity index (χ0v) is 12.3. The lowest BCUT2D eigenvalue weighted by molar-refractivity contribution is -0.186. The van der Waals surface area contributed by atoms with Crippen molar-refractivity contribution >= 4 is 17.5 Å². The second kappa shape index (κ2) is 5.98. The van der Waals surface area contributed by atoms with Crippen LogP contribution in [0.4, 0.5) is 18.9 Å². The number of carbonyl (C=O) groups excluding carboxylic acids is 2. The molecule has 1 saturated heterocycles. The van der Waals surface area contributed by atoms with Crippen LogP contribution in [-0.2, 0) is 9.59 Å². The van der Waals surface area contributed by atoms with Crippen molar-refractivity contribution in [3.8, 4) is 0 Å². The third kappa shape index (κ3) is 3.23. The highest BCUT2D eigenvalue weighted by molar-refractivity contribution is 5.98. The van der Waals surface area contributed by atoms with Crippen LogP contribution in [0.25, 0.3) is 0 Å². The van der Waals surface area contributed by atoms with Crippen LogP contribution in [-0.4, -0.2) is 35.5 Å². The monoisotopic (exact) mass is 314 g/mol. The molecule has 0 spiro atoms. The van der Waals surface area contributed by atoms with Gasteiger partial charge in [-0.2, -0.15) is 13.2 Å². The molecule has 1 aliphatic heterocycles. The van der Waals surface area contributed by atoms with E-state index >= 15 is 0 Å². The normalized spacial score (nSPS) is 18.4. The molecule has 2 rings (SSSR count). The fourth-order valence-electron chi connectivity index (χ4n) is 2.55. The number of nitrogens with zero attached hydrogens (tertiary/aromatic N) is 1. The quantitative estimate of drug-likeness (QED) is 0.912. The van der Waals surface area contributed by atoms with Gasteiger partial charge in [0.25, 0.3) is 0 Å². The number of amides is 2. The van der Waals surface area contributed by atoms with Gasteiger partial charge in [-0.15, -0.1) is 0 Å². The zero-order valence-electron chi connectivity index (χ0n) is 12.3. The summed E-state index contributed by atoms with van der Waals surface area (Å²) in [5.41, 5.74) is 2.37. The maximum Gasteiger partial charge on any atom is 0.471 e. The topological polar surface area (TPSA) is 49.4 Å². The van der Waals surface area contributed by atoms with Crippen molar-refractivity contribution < 1.29 is 22.8 Å². The zero-order chi connectivity index (χ0) is 16.5. The number of likely N-dealkylation sites (tertiary alicyclic amines) is 1. The average Bonchev–Trinajstić information content (AvgIpc) is 2.91. The number of alkyl halides is 3. The Balaban J connectivity index is 2.15. The molecule has 22 heavy (non-hydrogen) atoms. The molecule has 2 amide bonds. The lowest BCUT2D eigenvalue weighted by Crippen LogP contribution is -2.48. The standard InChI is InChI=1S/C15H17F3N2O2/c1-9-5-3-6-11(10(9)2)19-13(21)12-7-4-8-20(12)14(22)15(16,17)18/h3,5-6,12H,4,7-8H2,1-2H3,(H,19,21). The first-order chi connectivity index (χ1) is 10.2. The molecule has 1 N–H and O–H groups in total. The number of carbonyl (C=O) groups is 2. The first kappa shape index (κ1) is 16.3. The van der Waals surface area contributed by atoms with Crippen LogP contribution in [0.1, 0.15) is 24.0 Å². The van der Waals surface area contributed by atoms with E-state index < -0.39 is 24.0 Å². The second-order valence-corrected chi connectivity index (χ2v) is 5.39. The van der Waals surface area contributed by atoms with Crippen molar-refractivity contribution in [2.45, 2.75) is 38.9 Å². The van der Waals surface area contributed by atoms with Crippen molar-refractivity contribution in [3.05, 3.63) is 29.3 Å². The summed E-state index contributed by atoms with van der Waals surface area (Å²) in [6, 6.07) is 4.24. The van der Waals surface area contributed by atoms with Crippen LogP contribution in [0.5, 0.6) is 0 Å². The van der Waals surface area contributed by atoms with Gasteiger partial charge in [-0.3, -0.25) is 9.59 Å². The summed E-state index contributed by atoms with van der Waals surface area (Å²) in [6.07, 6.45) is -4.34. The Morgan fingerprint density at radius 2 is 1.95 bits per heavy atom. The van der Waals surface area contributed by atoms with Crippen LogP contribution in [0.15, 0.2) is 18.2 Å². The summed E-state index contributed by atoms with van der Waals surface area (Å²) in [7, 11) is 0. The highest BCUT2D eigenvalue weighted by Gasteiger charge is 2.47. The number of hydrogen-bond acceptors (Lipinski definition) is 2. The molecule has 7 heteroatoms. The Bertz CT molecular complexity index is 599. The number of aryl methyl sites for hydroxylation is 1. The van der Waals surface area contributed by atoms with Crippen molar-refractivity contribution in [2.75, 3.05) is 11.9 Å². The molecule has 1 heterocycles. The van der Waals surface area contributed by atoms with E-state index in [4.69, 9.17) is 0 Å². The molecule has 0 radical (unpaired) electrons. The maximum atomic E-state index is 12.6. The van der Waals surface area contributed by atoms with Crippen molar-refractivity contribution in [2.24, 2.45) is 0 Å². The molecule has 1 aliphatic rings. The van der Waals surface area contributed by atoms with E-state index in [0.29, 0.717) is 17.0 Å². The molecule has 1 aromatic carbocycles. The highest BCUT2D eigenvalue weighted by atomic mass is 19.4. The van der Waals surface area contributed by atoms with Gasteiger partial charge in [0.2, 0.25) is 5.91 Å². The van der Waals surface area contributed by atoms with E-state index in [1.54, 1.807) is 12.1 Å². The number of hydrogen-bond donors (Lipinski definition) is 1. The van der Waals surface area contributed by atoms with Crippen LogP contribution in [0, 0.1) is 13.8 Å². The molecular formula is C15H17F3N2O2. The van der Waals surface area contributed by atoms with Crippen LogP contribution < -0.4 is 5.32 Å². The van der Waals surface area contributed by atoms with Crippen molar-refractivity contribution in [3.63, 3.8) is 0 Å². The predicted octanol–water partition coefficient (Wildman–Crippen LogP) is 2.80. The fourth-order valence-corrected chi connectivity index (χ4v) is 2.55. The molecule has 1 aromatic rings. The lowest BCUT2D eigenvalue weighted by Gasteiger charge is -2.25. The van der Waals surface area contributed by atoms with E-state index in [0.717, 1.165) is 11.1 Å². The number of nitrogens with one attached hydrogen (secondary N) is 1. The van der Waals surface area contributed by atoms with E-state index in [2.05, 4.69) is 5.32 Å². The summed E-state index contributed by atoms with van der Waals surface area (Å²) in [6.45, 7) is 3.64. The Hall–Kier alpha value is -2.05. The fraction of sp³-hybridized carbons (Fsp3) is 0.467. The van der Waals surface area contributed by atoms with Gasteiger partial charge < -0.3 is 10.2 Å². The van der Waals surface area contributed by atoms with Crippen molar-refractivity contribution in [1.82, 2.24) is 4.90 Å². The highest BCUT2D eigenvalue weighted by Crippen LogP contribution is 2.27. The summed E-state index contributed by atoms with van der Waals surface area (Å²) >= 11 is 0. The molecule has 1 unspecified atom stereocenters. The van der Waals surface area contributed by atoms with Gasteiger partial charge in [-0.05, 0) is 43.9 Å². The van der Waals surface area contributed by atoms with Crippen LogP contribution in [0.3, 0.4) is 0 Å². The second-order valence-electron chi connectivity index (χ2n) is 5.39. The molecule has 120 valence electrons. The number of anilines is 1. The molecule has 0 aliphatic carbocycles. The Morgan fingerprint density at radius 3 is 2.59 bits per heavy atom. The molecule has 1 atom stereocenters. The molecule has 0 bridgehead atoms. The predicted molar refractivity (Wildman–Crippen MR) is 75.3 cm³/mol. The number of benzene rings is 1. The first-order valence-corrected chi connectivity index (χ1v) is 6.96.